The molecule has 1 aliphatic heterocycles. The molecule has 1 rings (SSSR count). The maximum atomic E-state index is 11.8. The van der Waals surface area contributed by atoms with Crippen molar-refractivity contribution in [2.24, 2.45) is 5.10 Å². The number of hydrogen-bond acceptors (Lipinski definition) is 3. The van der Waals surface area contributed by atoms with E-state index in [4.69, 9.17) is 0 Å². The molecule has 1 unspecified atom stereocenters. The molecule has 0 fully saturated rings. The Balaban J connectivity index is 2.60. The van der Waals surface area contributed by atoms with Crippen molar-refractivity contribution in [2.45, 2.75) is 12.3 Å². The predicted octanol–water partition coefficient (Wildman–Crippen LogP) is 0.230. The van der Waals surface area contributed by atoms with Crippen LogP contribution in [0.2, 0.25) is 0 Å². The number of hydrazone groups is 1. The molecule has 0 aromatic carbocycles. The van der Waals surface area contributed by atoms with Gasteiger partial charge >= 0.3 is 6.18 Å². The van der Waals surface area contributed by atoms with Crippen LogP contribution in [0.25, 0.3) is 0 Å². The van der Waals surface area contributed by atoms with Crippen LogP contribution in [0.1, 0.15) is 0 Å². The van der Waals surface area contributed by atoms with Crippen molar-refractivity contribution in [2.75, 3.05) is 7.05 Å². The zero-order valence-corrected chi connectivity index (χ0v) is 5.11. The highest BCUT2D eigenvalue weighted by Gasteiger charge is 2.44. The molecule has 0 aromatic rings. The zero-order chi connectivity index (χ0) is 7.78. The van der Waals surface area contributed by atoms with Crippen LogP contribution in [-0.2, 0) is 0 Å². The molecule has 10 heavy (non-hydrogen) atoms. The molecule has 1 heterocycles. The molecule has 0 amide bonds. The summed E-state index contributed by atoms with van der Waals surface area (Å²) in [5, 5.41) is 3.12. The van der Waals surface area contributed by atoms with Crippen LogP contribution in [0.4, 0.5) is 13.2 Å². The first kappa shape index (κ1) is 7.17. The summed E-state index contributed by atoms with van der Waals surface area (Å²) in [6.45, 7) is 0. The molecule has 1 N–H and O–H groups in total. The normalized spacial score (nSPS) is 25.2. The number of halogens is 3. The Hall–Kier alpha value is -0.940. The molecule has 3 nitrogen and oxygen atoms in total. The minimum absolute atomic E-state index is 0.833. The molecule has 0 spiro atoms. The van der Waals surface area contributed by atoms with Crippen LogP contribution in [0.5, 0.6) is 0 Å². The first-order valence-corrected chi connectivity index (χ1v) is 2.52. The lowest BCUT2D eigenvalue weighted by molar-refractivity contribution is -0.174. The van der Waals surface area contributed by atoms with Gasteiger partial charge in [-0.2, -0.15) is 18.3 Å². The number of alkyl halides is 3. The Morgan fingerprint density at radius 1 is 1.60 bits per heavy atom. The van der Waals surface area contributed by atoms with Crippen molar-refractivity contribution in [1.29, 1.82) is 0 Å². The van der Waals surface area contributed by atoms with E-state index < -0.39 is 12.3 Å². The Morgan fingerprint density at radius 3 is 2.40 bits per heavy atom. The first-order chi connectivity index (χ1) is 4.52. The SMILES string of the molecule is CN1[C]=NNC1C(F)(F)F. The standard InChI is InChI=1S/C4H5F3N3/c1-10-2-8-9-3(10)4(5,6)7/h3,9H,1H3. The van der Waals surface area contributed by atoms with Gasteiger partial charge in [0, 0.05) is 7.05 Å². The molecule has 0 aromatic heterocycles. The molecule has 0 bridgehead atoms. The minimum atomic E-state index is -4.29. The highest BCUT2D eigenvalue weighted by molar-refractivity contribution is 5.56. The second kappa shape index (κ2) is 2.03. The van der Waals surface area contributed by atoms with E-state index in [9.17, 15) is 13.2 Å². The van der Waals surface area contributed by atoms with Crippen LogP contribution in [0.3, 0.4) is 0 Å². The molecule has 6 heteroatoms. The molecular formula is C4H5F3N3. The van der Waals surface area contributed by atoms with Crippen molar-refractivity contribution in [1.82, 2.24) is 10.3 Å². The van der Waals surface area contributed by atoms with Crippen molar-refractivity contribution >= 4 is 6.34 Å². The average Bonchev–Trinajstić information content (AvgIpc) is 2.11. The predicted molar refractivity (Wildman–Crippen MR) is 28.2 cm³/mol. The fraction of sp³-hybridized carbons (Fsp3) is 0.750. The van der Waals surface area contributed by atoms with E-state index in [1.165, 1.54) is 7.05 Å². The smallest absolute Gasteiger partial charge is 0.326 e. The van der Waals surface area contributed by atoms with Gasteiger partial charge in [-0.1, -0.05) is 0 Å². The summed E-state index contributed by atoms with van der Waals surface area (Å²) in [7, 11) is 1.25. The summed E-state index contributed by atoms with van der Waals surface area (Å²) in [6.07, 6.45) is -3.90. The molecular weight excluding hydrogens is 147 g/mol. The maximum absolute atomic E-state index is 11.8. The first-order valence-electron chi connectivity index (χ1n) is 2.52. The fourth-order valence-corrected chi connectivity index (χ4v) is 0.606. The van der Waals surface area contributed by atoms with Gasteiger partial charge in [0.15, 0.2) is 6.34 Å². The van der Waals surface area contributed by atoms with E-state index in [0.29, 0.717) is 0 Å². The number of rotatable bonds is 0. The summed E-state index contributed by atoms with van der Waals surface area (Å²) >= 11 is 0. The van der Waals surface area contributed by atoms with Crippen LogP contribution >= 0.6 is 0 Å². The third kappa shape index (κ3) is 1.14. The molecule has 1 radical (unpaired) electrons. The minimum Gasteiger partial charge on any atom is -0.326 e. The Bertz CT molecular complexity index is 152. The fourth-order valence-electron chi connectivity index (χ4n) is 0.606. The van der Waals surface area contributed by atoms with E-state index in [1.807, 2.05) is 5.43 Å². The highest BCUT2D eigenvalue weighted by Crippen LogP contribution is 2.22. The van der Waals surface area contributed by atoms with Crippen molar-refractivity contribution in [3.05, 3.63) is 0 Å². The lowest BCUT2D eigenvalue weighted by Crippen LogP contribution is -2.46. The Kier molecular flexibility index (Phi) is 1.46. The summed E-state index contributed by atoms with van der Waals surface area (Å²) in [5.41, 5.74) is 1.86. The van der Waals surface area contributed by atoms with Crippen LogP contribution in [0.15, 0.2) is 5.10 Å². The van der Waals surface area contributed by atoms with Gasteiger partial charge < -0.3 is 4.90 Å². The highest BCUT2D eigenvalue weighted by atomic mass is 19.4. The third-order valence-corrected chi connectivity index (χ3v) is 1.09. The van der Waals surface area contributed by atoms with Gasteiger partial charge in [-0.25, -0.2) is 0 Å². The van der Waals surface area contributed by atoms with E-state index >= 15 is 0 Å². The van der Waals surface area contributed by atoms with Gasteiger partial charge in [0.1, 0.15) is 0 Å². The second-order valence-corrected chi connectivity index (χ2v) is 1.90. The molecule has 0 saturated heterocycles. The summed E-state index contributed by atoms with van der Waals surface area (Å²) in [4.78, 5) is 0.833. The Labute approximate surface area is 55.5 Å². The maximum Gasteiger partial charge on any atom is 0.428 e. The second-order valence-electron chi connectivity index (χ2n) is 1.90. The van der Waals surface area contributed by atoms with E-state index in [0.717, 1.165) is 4.90 Å². The summed E-state index contributed by atoms with van der Waals surface area (Å²) in [6, 6.07) is 0. The summed E-state index contributed by atoms with van der Waals surface area (Å²) in [5.74, 6) is 0. The van der Waals surface area contributed by atoms with Gasteiger partial charge in [-0.05, 0) is 0 Å². The Morgan fingerprint density at radius 2 is 2.20 bits per heavy atom. The van der Waals surface area contributed by atoms with E-state index in [2.05, 4.69) is 11.4 Å². The molecule has 0 aliphatic carbocycles. The molecule has 0 saturated carbocycles. The lowest BCUT2D eigenvalue weighted by Gasteiger charge is -2.20. The average molecular weight is 152 g/mol. The van der Waals surface area contributed by atoms with Gasteiger partial charge in [-0.3, -0.25) is 5.43 Å². The molecule has 57 valence electrons. The van der Waals surface area contributed by atoms with Crippen molar-refractivity contribution in [3.63, 3.8) is 0 Å². The van der Waals surface area contributed by atoms with Crippen LogP contribution in [0, 0.1) is 0 Å². The number of nitrogens with one attached hydrogen (secondary N) is 1. The van der Waals surface area contributed by atoms with Gasteiger partial charge in [0.05, 0.1) is 0 Å². The molecule has 1 atom stereocenters. The lowest BCUT2D eigenvalue weighted by atomic mass is 10.5. The number of hydrogen-bond donors (Lipinski definition) is 1. The van der Waals surface area contributed by atoms with Crippen molar-refractivity contribution < 1.29 is 13.2 Å². The monoisotopic (exact) mass is 152 g/mol. The molecule has 1 aliphatic rings. The third-order valence-electron chi connectivity index (χ3n) is 1.09. The largest absolute Gasteiger partial charge is 0.428 e. The van der Waals surface area contributed by atoms with E-state index in [1.54, 1.807) is 0 Å². The summed E-state index contributed by atoms with van der Waals surface area (Å²) < 4.78 is 35.4. The van der Waals surface area contributed by atoms with Crippen LogP contribution < -0.4 is 5.43 Å². The van der Waals surface area contributed by atoms with E-state index in [-0.39, 0.29) is 0 Å². The zero-order valence-electron chi connectivity index (χ0n) is 5.11. The number of nitrogens with zero attached hydrogens (tertiary/aromatic N) is 2. The van der Waals surface area contributed by atoms with Gasteiger partial charge in [0.25, 0.3) is 0 Å². The van der Waals surface area contributed by atoms with Gasteiger partial charge in [-0.15, -0.1) is 0 Å². The van der Waals surface area contributed by atoms with Crippen LogP contribution in [-0.4, -0.2) is 30.6 Å². The van der Waals surface area contributed by atoms with Gasteiger partial charge in [0.2, 0.25) is 6.17 Å². The topological polar surface area (TPSA) is 27.6 Å². The quantitative estimate of drug-likeness (QED) is 0.538. The van der Waals surface area contributed by atoms with Crippen molar-refractivity contribution in [3.8, 4) is 0 Å².